The van der Waals surface area contributed by atoms with Crippen molar-refractivity contribution in [2.75, 3.05) is 5.73 Å². The largest absolute Gasteiger partial charge is 0.507 e. The van der Waals surface area contributed by atoms with Crippen molar-refractivity contribution in [1.82, 2.24) is 0 Å². The maximum absolute atomic E-state index is 12.9. The molecule has 1 aliphatic carbocycles. The highest BCUT2D eigenvalue weighted by Gasteiger charge is 2.35. The molecule has 7 nitrogen and oxygen atoms in total. The predicted molar refractivity (Wildman–Crippen MR) is 99.5 cm³/mol. The molecule has 7 heteroatoms. The number of ether oxygens (including phenoxy) is 1. The van der Waals surface area contributed by atoms with Crippen LogP contribution in [0, 0.1) is 0 Å². The molecule has 3 aromatic carbocycles. The molecule has 4 rings (SSSR count). The molecule has 3 aromatic rings. The smallest absolute Gasteiger partial charge is 0.198 e. The van der Waals surface area contributed by atoms with E-state index in [2.05, 4.69) is 0 Å². The van der Waals surface area contributed by atoms with Crippen LogP contribution >= 0.6 is 0 Å². The highest BCUT2D eigenvalue weighted by molar-refractivity contribution is 6.31. The molecule has 0 radical (unpaired) electrons. The van der Waals surface area contributed by atoms with E-state index in [0.717, 1.165) is 0 Å². The maximum atomic E-state index is 12.9. The summed E-state index contributed by atoms with van der Waals surface area (Å²) in [4.78, 5) is 25.6. The first-order valence-corrected chi connectivity index (χ1v) is 8.36. The van der Waals surface area contributed by atoms with Gasteiger partial charge in [-0.25, -0.2) is 0 Å². The molecule has 0 spiro atoms. The fraction of sp³-hybridized carbons (Fsp3) is 0.0476. The maximum Gasteiger partial charge on any atom is 0.198 e. The molecule has 0 heterocycles. The van der Waals surface area contributed by atoms with Crippen LogP contribution in [-0.2, 0) is 0 Å². The normalized spacial score (nSPS) is 12.7. The number of fused-ring (bicyclic) bond motifs is 2. The minimum atomic E-state index is -1.62. The Kier molecular flexibility index (Phi) is 4.11. The van der Waals surface area contributed by atoms with Crippen molar-refractivity contribution in [1.29, 1.82) is 0 Å². The van der Waals surface area contributed by atoms with Crippen LogP contribution in [-0.4, -0.2) is 26.9 Å². The monoisotopic (exact) mass is 377 g/mol. The molecule has 28 heavy (non-hydrogen) atoms. The molecule has 0 aliphatic heterocycles. The number of aromatic hydroxyl groups is 1. The highest BCUT2D eigenvalue weighted by Crippen LogP contribution is 2.42. The zero-order chi connectivity index (χ0) is 20.0. The standard InChI is InChI=1S/C21H15NO6/c22-18-15(28-11-7-5-10(6-8-11)21(26)27)9-14(23)16-17(18)20(25)13-4-2-1-3-12(13)19(16)24/h1-9,21,23,26-27H,22H2. The summed E-state index contributed by atoms with van der Waals surface area (Å²) in [5.74, 6) is -1.06. The number of rotatable bonds is 3. The van der Waals surface area contributed by atoms with E-state index in [1.165, 1.54) is 42.5 Å². The summed E-state index contributed by atoms with van der Waals surface area (Å²) < 4.78 is 5.65. The average Bonchev–Trinajstić information content (AvgIpc) is 2.69. The van der Waals surface area contributed by atoms with Crippen molar-refractivity contribution in [2.24, 2.45) is 0 Å². The van der Waals surface area contributed by atoms with Crippen LogP contribution in [0.4, 0.5) is 5.69 Å². The van der Waals surface area contributed by atoms with Gasteiger partial charge in [-0.3, -0.25) is 9.59 Å². The Morgan fingerprint density at radius 2 is 1.43 bits per heavy atom. The summed E-state index contributed by atoms with van der Waals surface area (Å²) in [5.41, 5.74) is 6.51. The molecule has 0 unspecified atom stereocenters. The number of ketones is 2. The van der Waals surface area contributed by atoms with Crippen molar-refractivity contribution in [2.45, 2.75) is 6.29 Å². The van der Waals surface area contributed by atoms with Crippen molar-refractivity contribution in [3.63, 3.8) is 0 Å². The minimum Gasteiger partial charge on any atom is -0.507 e. The van der Waals surface area contributed by atoms with E-state index < -0.39 is 23.6 Å². The van der Waals surface area contributed by atoms with Gasteiger partial charge in [-0.05, 0) is 12.1 Å². The number of nitrogens with two attached hydrogens (primary N) is 1. The number of phenols is 1. The summed E-state index contributed by atoms with van der Waals surface area (Å²) >= 11 is 0. The lowest BCUT2D eigenvalue weighted by atomic mass is 9.82. The number of aliphatic hydroxyl groups is 2. The van der Waals surface area contributed by atoms with Gasteiger partial charge in [0.15, 0.2) is 23.6 Å². The van der Waals surface area contributed by atoms with Crippen LogP contribution in [0.5, 0.6) is 17.2 Å². The number of aliphatic hydroxyl groups excluding tert-OH is 1. The van der Waals surface area contributed by atoms with Gasteiger partial charge in [0.1, 0.15) is 11.5 Å². The second kappa shape index (κ2) is 6.49. The van der Waals surface area contributed by atoms with Crippen molar-refractivity contribution < 1.29 is 29.6 Å². The zero-order valence-corrected chi connectivity index (χ0v) is 14.4. The molecule has 0 amide bonds. The molecule has 5 N–H and O–H groups in total. The van der Waals surface area contributed by atoms with E-state index in [1.54, 1.807) is 12.1 Å². The highest BCUT2D eigenvalue weighted by atomic mass is 16.5. The summed E-state index contributed by atoms with van der Waals surface area (Å²) in [7, 11) is 0. The second-order valence-electron chi connectivity index (χ2n) is 6.31. The first kappa shape index (κ1) is 17.7. The molecule has 0 saturated carbocycles. The van der Waals surface area contributed by atoms with Crippen LogP contribution in [0.3, 0.4) is 0 Å². The average molecular weight is 377 g/mol. The van der Waals surface area contributed by atoms with Crippen molar-refractivity contribution in [3.05, 3.63) is 82.4 Å². The van der Waals surface area contributed by atoms with Crippen LogP contribution in [0.2, 0.25) is 0 Å². The quantitative estimate of drug-likeness (QED) is 0.245. The lowest BCUT2D eigenvalue weighted by Gasteiger charge is -2.21. The second-order valence-corrected chi connectivity index (χ2v) is 6.31. The van der Waals surface area contributed by atoms with Crippen molar-refractivity contribution >= 4 is 17.3 Å². The van der Waals surface area contributed by atoms with Crippen molar-refractivity contribution in [3.8, 4) is 17.2 Å². The van der Waals surface area contributed by atoms with E-state index in [4.69, 9.17) is 20.7 Å². The molecule has 0 aromatic heterocycles. The van der Waals surface area contributed by atoms with Gasteiger partial charge >= 0.3 is 0 Å². The number of anilines is 1. The fourth-order valence-corrected chi connectivity index (χ4v) is 3.19. The third-order valence-electron chi connectivity index (χ3n) is 4.59. The third-order valence-corrected chi connectivity index (χ3v) is 4.59. The molecule has 0 fully saturated rings. The van der Waals surface area contributed by atoms with Gasteiger partial charge < -0.3 is 25.8 Å². The number of nitrogen functional groups attached to an aromatic ring is 1. The van der Waals surface area contributed by atoms with Gasteiger partial charge in [0.2, 0.25) is 0 Å². The Morgan fingerprint density at radius 1 is 0.857 bits per heavy atom. The van der Waals surface area contributed by atoms with E-state index in [1.807, 2.05) is 0 Å². The molecular formula is C21H15NO6. The Hall–Kier alpha value is -3.68. The number of hydrogen-bond acceptors (Lipinski definition) is 7. The lowest BCUT2D eigenvalue weighted by molar-refractivity contribution is -0.0425. The van der Waals surface area contributed by atoms with Crippen LogP contribution in [0.15, 0.2) is 54.6 Å². The van der Waals surface area contributed by atoms with Gasteiger partial charge in [0.05, 0.1) is 16.8 Å². The van der Waals surface area contributed by atoms with E-state index >= 15 is 0 Å². The summed E-state index contributed by atoms with van der Waals surface area (Å²) in [5, 5.41) is 28.7. The predicted octanol–water partition coefficient (Wildman–Crippen LogP) is 2.53. The number of phenolic OH excluding ortho intramolecular Hbond substituents is 1. The Labute approximate surface area is 159 Å². The van der Waals surface area contributed by atoms with E-state index in [-0.39, 0.29) is 39.3 Å². The number of carbonyl (C=O) groups is 2. The number of benzene rings is 3. The van der Waals surface area contributed by atoms with Gasteiger partial charge in [-0.2, -0.15) is 0 Å². The fourth-order valence-electron chi connectivity index (χ4n) is 3.19. The molecule has 1 aliphatic rings. The van der Waals surface area contributed by atoms with Crippen LogP contribution < -0.4 is 10.5 Å². The van der Waals surface area contributed by atoms with Gasteiger partial charge in [0, 0.05) is 22.8 Å². The van der Waals surface area contributed by atoms with Gasteiger partial charge in [0.25, 0.3) is 0 Å². The third kappa shape index (κ3) is 2.70. The molecule has 0 bridgehead atoms. The Morgan fingerprint density at radius 3 is 2.00 bits per heavy atom. The Bertz CT molecular complexity index is 1120. The molecular weight excluding hydrogens is 362 g/mol. The minimum absolute atomic E-state index is 0.00841. The van der Waals surface area contributed by atoms with E-state index in [9.17, 15) is 14.7 Å². The molecule has 0 saturated heterocycles. The summed E-state index contributed by atoms with van der Waals surface area (Å²) in [6.07, 6.45) is -1.62. The SMILES string of the molecule is Nc1c(Oc2ccc(C(O)O)cc2)cc(O)c2c1C(=O)c1ccccc1C2=O. The number of carbonyl (C=O) groups excluding carboxylic acids is 2. The van der Waals surface area contributed by atoms with Gasteiger partial charge in [-0.1, -0.05) is 36.4 Å². The summed E-state index contributed by atoms with van der Waals surface area (Å²) in [6, 6.07) is 13.4. The van der Waals surface area contributed by atoms with Gasteiger partial charge in [-0.15, -0.1) is 0 Å². The molecule has 140 valence electrons. The van der Waals surface area contributed by atoms with E-state index in [0.29, 0.717) is 5.75 Å². The lowest BCUT2D eigenvalue weighted by Crippen LogP contribution is -2.22. The van der Waals surface area contributed by atoms with Crippen LogP contribution in [0.25, 0.3) is 0 Å². The first-order chi connectivity index (χ1) is 13.4. The first-order valence-electron chi connectivity index (χ1n) is 8.36. The number of hydrogen-bond donors (Lipinski definition) is 4. The molecule has 0 atom stereocenters. The van der Waals surface area contributed by atoms with Crippen LogP contribution in [0.1, 0.15) is 43.7 Å². The zero-order valence-electron chi connectivity index (χ0n) is 14.4. The Balaban J connectivity index is 1.79. The summed E-state index contributed by atoms with van der Waals surface area (Å²) in [6.45, 7) is 0. The topological polar surface area (TPSA) is 130 Å².